The average molecular weight is 504 g/mol. The van der Waals surface area contributed by atoms with Gasteiger partial charge < -0.3 is 14.9 Å². The summed E-state index contributed by atoms with van der Waals surface area (Å²) in [6.45, 7) is 8.36. The minimum Gasteiger partial charge on any atom is -0.430 e. The maximum Gasteiger partial charge on any atom is 0.429 e. The maximum absolute atomic E-state index is 12.7. The molecule has 0 spiro atoms. The van der Waals surface area contributed by atoms with Gasteiger partial charge in [-0.15, -0.1) is 0 Å². The number of nitrogens with one attached hydrogen (secondary N) is 1. The van der Waals surface area contributed by atoms with Gasteiger partial charge in [0.1, 0.15) is 6.61 Å². The van der Waals surface area contributed by atoms with Crippen molar-refractivity contribution >= 4 is 17.6 Å². The Labute approximate surface area is 213 Å². The summed E-state index contributed by atoms with van der Waals surface area (Å²) in [7, 11) is 1.67. The number of aliphatic hydroxyl groups excluding tert-OH is 2. The maximum atomic E-state index is 12.7. The molecule has 0 bridgehead atoms. The normalized spacial score (nSPS) is 40.3. The van der Waals surface area contributed by atoms with Gasteiger partial charge in [-0.2, -0.15) is 10.2 Å². The largest absolute Gasteiger partial charge is 0.430 e. The van der Waals surface area contributed by atoms with Crippen molar-refractivity contribution in [3.63, 3.8) is 0 Å². The molecule has 200 valence electrons. The number of allylic oxidation sites excluding steroid dienone is 4. The first-order valence-electron chi connectivity index (χ1n) is 13.1. The molecular weight excluding hydrogens is 462 g/mol. The summed E-state index contributed by atoms with van der Waals surface area (Å²) in [5, 5.41) is 26.8. The molecular formula is C27H41N3O6. The molecule has 0 aromatic carbocycles. The van der Waals surface area contributed by atoms with Crippen LogP contribution in [-0.2, 0) is 14.4 Å². The topological polar surface area (TPSA) is 121 Å². The summed E-state index contributed by atoms with van der Waals surface area (Å²) in [5.41, 5.74) is 3.66. The minimum atomic E-state index is -0.665. The van der Waals surface area contributed by atoms with Crippen molar-refractivity contribution in [1.82, 2.24) is 10.5 Å². The molecule has 0 aliphatic heterocycles. The molecule has 4 rings (SSSR count). The van der Waals surface area contributed by atoms with Crippen LogP contribution in [0.25, 0.3) is 0 Å². The number of rotatable bonds is 7. The molecule has 0 radical (unpaired) electrons. The number of Topliss-reactive ketones (excluding diaryl/α,β-unsaturated/α-hetero) is 1. The van der Waals surface area contributed by atoms with Crippen LogP contribution in [0.5, 0.6) is 0 Å². The number of ether oxygens (including phenoxy) is 1. The molecule has 3 N–H and O–H groups in total. The van der Waals surface area contributed by atoms with E-state index in [1.807, 2.05) is 19.1 Å². The van der Waals surface area contributed by atoms with Crippen LogP contribution in [0.4, 0.5) is 4.79 Å². The number of carbonyl (C=O) groups is 2. The third-order valence-corrected chi connectivity index (χ3v) is 9.35. The lowest BCUT2D eigenvalue weighted by Crippen LogP contribution is -2.56. The van der Waals surface area contributed by atoms with Gasteiger partial charge in [0.15, 0.2) is 12.5 Å². The van der Waals surface area contributed by atoms with Crippen LogP contribution in [0, 0.1) is 40.4 Å². The summed E-state index contributed by atoms with van der Waals surface area (Å²) < 4.78 is 5.08. The third kappa shape index (κ3) is 4.66. The van der Waals surface area contributed by atoms with E-state index >= 15 is 0 Å². The van der Waals surface area contributed by atoms with Crippen molar-refractivity contribution in [2.24, 2.45) is 45.5 Å². The second kappa shape index (κ2) is 10.4. The van der Waals surface area contributed by atoms with Gasteiger partial charge in [0.25, 0.3) is 0 Å². The monoisotopic (exact) mass is 503 g/mol. The second-order valence-corrected chi connectivity index (χ2v) is 11.5. The Bertz CT molecular complexity index is 963. The van der Waals surface area contributed by atoms with Crippen LogP contribution in [0.3, 0.4) is 0 Å². The highest BCUT2D eigenvalue weighted by Gasteiger charge is 2.64. The number of hydrogen-bond acceptors (Lipinski definition) is 8. The highest BCUT2D eigenvalue weighted by Crippen LogP contribution is 2.67. The van der Waals surface area contributed by atoms with Crippen molar-refractivity contribution in [3.05, 3.63) is 23.8 Å². The van der Waals surface area contributed by atoms with E-state index in [4.69, 9.17) is 9.57 Å². The Balaban J connectivity index is 1.49. The lowest BCUT2D eigenvalue weighted by Gasteiger charge is -2.58. The molecule has 8 atom stereocenters. The van der Waals surface area contributed by atoms with Gasteiger partial charge in [0.2, 0.25) is 0 Å². The number of hydrogen-bond donors (Lipinski definition) is 3. The van der Waals surface area contributed by atoms with Gasteiger partial charge in [-0.3, -0.25) is 9.63 Å². The molecule has 4 aliphatic carbocycles. The quantitative estimate of drug-likeness (QED) is 0.361. The second-order valence-electron chi connectivity index (χ2n) is 11.5. The number of aliphatic hydroxyl groups is 2. The number of hydrazone groups is 1. The smallest absolute Gasteiger partial charge is 0.429 e. The van der Waals surface area contributed by atoms with Crippen molar-refractivity contribution in [3.8, 4) is 0 Å². The standard InChI is InChI=1S/C27H41N3O6/c1-6-36-30(5)15-35-25(34)29-28-18-9-10-26(3)17(12-18)7-8-19-20-11-16(2)23(22(33)14-31)27(20,4)13-21(32)24(19)26/h9-10,12,16,19-21,23-24,31-32H,6-8,11,13-15H2,1-5H3,(H,29,34)/b28-18+/t16-,19+,20?,21+,23-,24?,26+,27+/m1/s1. The first kappa shape index (κ1) is 27.0. The molecule has 1 amide bonds. The Hall–Kier alpha value is -2.07. The zero-order valence-corrected chi connectivity index (χ0v) is 22.1. The number of fused-ring (bicyclic) bond motifs is 5. The molecule has 2 unspecified atom stereocenters. The van der Waals surface area contributed by atoms with Crippen molar-refractivity contribution in [2.45, 2.75) is 59.5 Å². The van der Waals surface area contributed by atoms with Gasteiger partial charge in [-0.1, -0.05) is 32.4 Å². The zero-order valence-electron chi connectivity index (χ0n) is 22.1. The van der Waals surface area contributed by atoms with E-state index in [9.17, 15) is 19.8 Å². The van der Waals surface area contributed by atoms with Crippen LogP contribution >= 0.6 is 0 Å². The van der Waals surface area contributed by atoms with Gasteiger partial charge in [-0.05, 0) is 67.9 Å². The molecule has 9 nitrogen and oxygen atoms in total. The van der Waals surface area contributed by atoms with Crippen LogP contribution < -0.4 is 5.43 Å². The molecule has 0 saturated heterocycles. The average Bonchev–Trinajstić information content (AvgIpc) is 3.10. The Kier molecular flexibility index (Phi) is 7.76. The predicted molar refractivity (Wildman–Crippen MR) is 134 cm³/mol. The fourth-order valence-electron chi connectivity index (χ4n) is 8.11. The van der Waals surface area contributed by atoms with Crippen molar-refractivity contribution in [2.75, 3.05) is 27.0 Å². The Morgan fingerprint density at radius 3 is 2.78 bits per heavy atom. The van der Waals surface area contributed by atoms with Gasteiger partial charge >= 0.3 is 6.09 Å². The minimum absolute atomic E-state index is 0.00997. The molecule has 36 heavy (non-hydrogen) atoms. The first-order chi connectivity index (χ1) is 17.0. The molecule has 3 saturated carbocycles. The van der Waals surface area contributed by atoms with E-state index in [2.05, 4.69) is 37.4 Å². The molecule has 4 aliphatic rings. The molecule has 0 aromatic rings. The molecule has 3 fully saturated rings. The first-order valence-corrected chi connectivity index (χ1v) is 13.1. The van der Waals surface area contributed by atoms with Crippen molar-refractivity contribution < 1.29 is 29.4 Å². The summed E-state index contributed by atoms with van der Waals surface area (Å²) in [6, 6.07) is 0. The van der Waals surface area contributed by atoms with Gasteiger partial charge in [0.05, 0.1) is 18.4 Å². The number of carbonyl (C=O) groups excluding carboxylic acids is 2. The number of amides is 1. The fourth-order valence-corrected chi connectivity index (χ4v) is 8.11. The van der Waals surface area contributed by atoms with Crippen LogP contribution in [0.15, 0.2) is 28.9 Å². The lowest BCUT2D eigenvalue weighted by molar-refractivity contribution is -0.174. The summed E-state index contributed by atoms with van der Waals surface area (Å²) in [5.74, 6) is 0.612. The van der Waals surface area contributed by atoms with E-state index in [-0.39, 0.29) is 41.1 Å². The zero-order chi connectivity index (χ0) is 26.3. The summed E-state index contributed by atoms with van der Waals surface area (Å²) in [4.78, 5) is 29.9. The number of nitrogens with zero attached hydrogens (tertiary/aromatic N) is 2. The van der Waals surface area contributed by atoms with Crippen molar-refractivity contribution in [1.29, 1.82) is 0 Å². The Morgan fingerprint density at radius 1 is 1.33 bits per heavy atom. The summed E-state index contributed by atoms with van der Waals surface area (Å²) >= 11 is 0. The van der Waals surface area contributed by atoms with Crippen LogP contribution in [0.2, 0.25) is 0 Å². The van der Waals surface area contributed by atoms with E-state index in [1.165, 1.54) is 10.6 Å². The third-order valence-electron chi connectivity index (χ3n) is 9.35. The SMILES string of the molecule is CCON(C)COC(=O)N/N=C1\C=C[C@@]2(C)C(=C1)CC[C@@H]1C2[C@@H](O)C[C@@]2(C)C1C[C@@H](C)[C@@H]2C(=O)CO. The molecule has 0 aromatic heterocycles. The highest BCUT2D eigenvalue weighted by molar-refractivity contribution is 6.06. The van der Waals surface area contributed by atoms with Gasteiger partial charge in [-0.25, -0.2) is 10.2 Å². The van der Waals surface area contributed by atoms with Gasteiger partial charge in [0, 0.05) is 24.3 Å². The van der Waals surface area contributed by atoms with E-state index in [0.717, 1.165) is 19.3 Å². The lowest BCUT2D eigenvalue weighted by atomic mass is 9.46. The number of ketones is 1. The van der Waals surface area contributed by atoms with E-state index < -0.39 is 18.8 Å². The predicted octanol–water partition coefficient (Wildman–Crippen LogP) is 3.04. The molecule has 9 heteroatoms. The number of hydroxylamine groups is 2. The van der Waals surface area contributed by atoms with Crippen LogP contribution in [-0.4, -0.2) is 66.0 Å². The fraction of sp³-hybridized carbons (Fsp3) is 0.741. The van der Waals surface area contributed by atoms with E-state index in [1.54, 1.807) is 7.05 Å². The Morgan fingerprint density at radius 2 is 2.08 bits per heavy atom. The molecule has 0 heterocycles. The van der Waals surface area contributed by atoms with Crippen LogP contribution in [0.1, 0.15) is 53.4 Å². The van der Waals surface area contributed by atoms with E-state index in [0.29, 0.717) is 30.6 Å². The summed E-state index contributed by atoms with van der Waals surface area (Å²) in [6.07, 6.45) is 8.16. The highest BCUT2D eigenvalue weighted by atomic mass is 16.7.